The van der Waals surface area contributed by atoms with Crippen LogP contribution in [0.2, 0.25) is 0 Å². The quantitative estimate of drug-likeness (QED) is 0.497. The Labute approximate surface area is 194 Å². The summed E-state index contributed by atoms with van der Waals surface area (Å²) in [5, 5.41) is 3.74. The van der Waals surface area contributed by atoms with Crippen LogP contribution in [0.3, 0.4) is 0 Å². The molecular formula is C26H22F3N3O2. The summed E-state index contributed by atoms with van der Waals surface area (Å²) >= 11 is 0. The average Bonchev–Trinajstić information content (AvgIpc) is 2.77. The molecule has 174 valence electrons. The standard InChI is InChI=1S/C26H22F3N3O2/c27-26(28,29)19-7-9-21-18(10-12-32(23(21)14-19)25(34)17-3-1-4-17)13-24(33)31-20-8-6-16-5-2-11-30-22(16)15-20/h2,5-9,11,13-15,17H,1,3-4,10,12H2,(H,31,33)/b18-13+. The molecule has 0 saturated heterocycles. The fourth-order valence-electron chi connectivity index (χ4n) is 4.43. The summed E-state index contributed by atoms with van der Waals surface area (Å²) in [6.07, 6.45) is 1.40. The van der Waals surface area contributed by atoms with E-state index in [4.69, 9.17) is 0 Å². The first-order valence-electron chi connectivity index (χ1n) is 11.2. The smallest absolute Gasteiger partial charge is 0.322 e. The molecule has 0 bridgehead atoms. The van der Waals surface area contributed by atoms with E-state index in [1.54, 1.807) is 18.3 Å². The van der Waals surface area contributed by atoms with Crippen LogP contribution in [0.5, 0.6) is 0 Å². The third kappa shape index (κ3) is 4.27. The number of aromatic nitrogens is 1. The van der Waals surface area contributed by atoms with E-state index in [-0.39, 0.29) is 24.1 Å². The van der Waals surface area contributed by atoms with Crippen LogP contribution in [0.25, 0.3) is 16.5 Å². The van der Waals surface area contributed by atoms with Gasteiger partial charge in [-0.2, -0.15) is 13.2 Å². The van der Waals surface area contributed by atoms with Crippen molar-refractivity contribution in [1.82, 2.24) is 4.98 Å². The molecule has 1 aromatic heterocycles. The molecule has 2 amide bonds. The molecule has 1 fully saturated rings. The number of carbonyl (C=O) groups excluding carboxylic acids is 2. The minimum Gasteiger partial charge on any atom is -0.322 e. The third-order valence-corrected chi connectivity index (χ3v) is 6.47. The minimum absolute atomic E-state index is 0.140. The number of nitrogens with one attached hydrogen (secondary N) is 1. The molecule has 0 atom stereocenters. The van der Waals surface area contributed by atoms with Crippen LogP contribution in [0.15, 0.2) is 60.8 Å². The largest absolute Gasteiger partial charge is 0.416 e. The van der Waals surface area contributed by atoms with E-state index in [2.05, 4.69) is 10.3 Å². The zero-order valence-corrected chi connectivity index (χ0v) is 18.2. The summed E-state index contributed by atoms with van der Waals surface area (Å²) < 4.78 is 40.2. The van der Waals surface area contributed by atoms with Gasteiger partial charge in [-0.15, -0.1) is 0 Å². The minimum atomic E-state index is -4.52. The summed E-state index contributed by atoms with van der Waals surface area (Å²) in [4.78, 5) is 31.4. The Bertz CT molecular complexity index is 1310. The highest BCUT2D eigenvalue weighted by Crippen LogP contribution is 2.41. The zero-order chi connectivity index (χ0) is 23.9. The van der Waals surface area contributed by atoms with Gasteiger partial charge in [-0.3, -0.25) is 14.6 Å². The van der Waals surface area contributed by atoms with Gasteiger partial charge in [-0.25, -0.2) is 0 Å². The Hall–Kier alpha value is -3.68. The molecule has 5 rings (SSSR count). The molecule has 0 spiro atoms. The van der Waals surface area contributed by atoms with E-state index >= 15 is 0 Å². The van der Waals surface area contributed by atoms with Crippen LogP contribution in [-0.2, 0) is 15.8 Å². The van der Waals surface area contributed by atoms with Gasteiger partial charge in [-0.05, 0) is 55.2 Å². The Kier molecular flexibility index (Phi) is 5.59. The molecule has 2 aliphatic rings. The van der Waals surface area contributed by atoms with Crippen LogP contribution in [0.1, 0.15) is 36.8 Å². The molecular weight excluding hydrogens is 443 g/mol. The van der Waals surface area contributed by atoms with Gasteiger partial charge in [-0.1, -0.05) is 24.6 Å². The lowest BCUT2D eigenvalue weighted by molar-refractivity contribution is -0.137. The van der Waals surface area contributed by atoms with Gasteiger partial charge in [0.25, 0.3) is 0 Å². The maximum absolute atomic E-state index is 13.4. The lowest BCUT2D eigenvalue weighted by Crippen LogP contribution is -2.41. The molecule has 1 aliphatic heterocycles. The number of nitrogens with zero attached hydrogens (tertiary/aromatic N) is 2. The van der Waals surface area contributed by atoms with E-state index in [1.165, 1.54) is 17.0 Å². The summed E-state index contributed by atoms with van der Waals surface area (Å²) in [7, 11) is 0. The van der Waals surface area contributed by atoms with Gasteiger partial charge < -0.3 is 10.2 Å². The van der Waals surface area contributed by atoms with Crippen LogP contribution >= 0.6 is 0 Å². The van der Waals surface area contributed by atoms with Crippen molar-refractivity contribution in [3.05, 3.63) is 71.9 Å². The Morgan fingerprint density at radius 1 is 1.09 bits per heavy atom. The molecule has 1 N–H and O–H groups in total. The highest BCUT2D eigenvalue weighted by molar-refractivity contribution is 6.07. The van der Waals surface area contributed by atoms with Crippen molar-refractivity contribution in [3.63, 3.8) is 0 Å². The summed E-state index contributed by atoms with van der Waals surface area (Å²) in [6, 6.07) is 12.5. The molecule has 1 aliphatic carbocycles. The van der Waals surface area contributed by atoms with E-state index in [0.717, 1.165) is 42.3 Å². The van der Waals surface area contributed by atoms with E-state index in [0.29, 0.717) is 23.2 Å². The van der Waals surface area contributed by atoms with Crippen molar-refractivity contribution < 1.29 is 22.8 Å². The molecule has 1 saturated carbocycles. The average molecular weight is 465 g/mol. The topological polar surface area (TPSA) is 62.3 Å². The number of rotatable bonds is 3. The van der Waals surface area contributed by atoms with Gasteiger partial charge in [0, 0.05) is 41.4 Å². The van der Waals surface area contributed by atoms with E-state index in [1.807, 2.05) is 18.2 Å². The van der Waals surface area contributed by atoms with Crippen molar-refractivity contribution in [1.29, 1.82) is 0 Å². The van der Waals surface area contributed by atoms with Gasteiger partial charge in [0.15, 0.2) is 0 Å². The summed E-state index contributed by atoms with van der Waals surface area (Å²) in [5.41, 5.74) is 1.78. The van der Waals surface area contributed by atoms with Crippen molar-refractivity contribution in [2.45, 2.75) is 31.9 Å². The fourth-order valence-corrected chi connectivity index (χ4v) is 4.43. The van der Waals surface area contributed by atoms with E-state index < -0.39 is 17.6 Å². The normalized spacial score (nSPS) is 17.4. The molecule has 2 heterocycles. The van der Waals surface area contributed by atoms with E-state index in [9.17, 15) is 22.8 Å². The molecule has 5 nitrogen and oxygen atoms in total. The van der Waals surface area contributed by atoms with Gasteiger partial charge in [0.2, 0.25) is 11.8 Å². The summed E-state index contributed by atoms with van der Waals surface area (Å²) in [5.74, 6) is -0.674. The number of hydrogen-bond acceptors (Lipinski definition) is 3. The maximum Gasteiger partial charge on any atom is 0.416 e. The second kappa shape index (κ2) is 8.59. The number of alkyl halides is 3. The van der Waals surface area contributed by atoms with Crippen LogP contribution < -0.4 is 10.2 Å². The van der Waals surface area contributed by atoms with Crippen molar-refractivity contribution in [2.24, 2.45) is 5.92 Å². The van der Waals surface area contributed by atoms with Crippen molar-refractivity contribution >= 4 is 39.7 Å². The fraction of sp³-hybridized carbons (Fsp3) is 0.269. The predicted octanol–water partition coefficient (Wildman–Crippen LogP) is 5.81. The Balaban J connectivity index is 1.45. The van der Waals surface area contributed by atoms with Crippen LogP contribution in [0.4, 0.5) is 24.5 Å². The number of halogens is 3. The number of anilines is 2. The number of hydrogen-bond donors (Lipinski definition) is 1. The highest BCUT2D eigenvalue weighted by Gasteiger charge is 2.36. The van der Waals surface area contributed by atoms with Crippen LogP contribution in [0, 0.1) is 5.92 Å². The summed E-state index contributed by atoms with van der Waals surface area (Å²) in [6.45, 7) is 0.239. The lowest BCUT2D eigenvalue weighted by atomic mass is 9.83. The van der Waals surface area contributed by atoms with Gasteiger partial charge in [0.05, 0.1) is 16.8 Å². The molecule has 0 radical (unpaired) electrons. The lowest BCUT2D eigenvalue weighted by Gasteiger charge is -2.36. The van der Waals surface area contributed by atoms with Crippen molar-refractivity contribution in [2.75, 3.05) is 16.8 Å². The molecule has 0 unspecified atom stereocenters. The third-order valence-electron chi connectivity index (χ3n) is 6.47. The second-order valence-corrected chi connectivity index (χ2v) is 8.67. The first-order valence-corrected chi connectivity index (χ1v) is 11.2. The van der Waals surface area contributed by atoms with Crippen molar-refractivity contribution in [3.8, 4) is 0 Å². The number of benzene rings is 2. The Morgan fingerprint density at radius 3 is 2.65 bits per heavy atom. The zero-order valence-electron chi connectivity index (χ0n) is 18.2. The first kappa shape index (κ1) is 22.1. The number of pyridine rings is 1. The van der Waals surface area contributed by atoms with Gasteiger partial charge >= 0.3 is 6.18 Å². The van der Waals surface area contributed by atoms with Crippen LogP contribution in [-0.4, -0.2) is 23.3 Å². The maximum atomic E-state index is 13.4. The molecule has 8 heteroatoms. The molecule has 2 aromatic carbocycles. The first-order chi connectivity index (χ1) is 16.3. The number of amides is 2. The predicted molar refractivity (Wildman–Crippen MR) is 124 cm³/mol. The number of fused-ring (bicyclic) bond motifs is 2. The second-order valence-electron chi connectivity index (χ2n) is 8.67. The van der Waals surface area contributed by atoms with Gasteiger partial charge in [0.1, 0.15) is 0 Å². The molecule has 3 aromatic rings. The highest BCUT2D eigenvalue weighted by atomic mass is 19.4. The number of carbonyl (C=O) groups is 2. The SMILES string of the molecule is O=C(/C=C1\CCN(C(=O)C2CCC2)c2cc(C(F)(F)F)ccc21)Nc1ccc2cccnc2c1. The molecule has 34 heavy (non-hydrogen) atoms. The monoisotopic (exact) mass is 465 g/mol. The Morgan fingerprint density at radius 2 is 1.91 bits per heavy atom.